The molecule has 0 spiro atoms. The van der Waals surface area contributed by atoms with Crippen LogP contribution in [0.5, 0.6) is 0 Å². The van der Waals surface area contributed by atoms with Gasteiger partial charge >= 0.3 is 11.9 Å². The van der Waals surface area contributed by atoms with Crippen molar-refractivity contribution >= 4 is 23.2 Å². The average molecular weight is 419 g/mol. The molecule has 0 aliphatic heterocycles. The quantitative estimate of drug-likeness (QED) is 0.168. The largest absolute Gasteiger partial charge is 0.462 e. The summed E-state index contributed by atoms with van der Waals surface area (Å²) in [6.45, 7) is 3.65. The van der Waals surface area contributed by atoms with Crippen LogP contribution in [0.3, 0.4) is 0 Å². The van der Waals surface area contributed by atoms with Gasteiger partial charge in [-0.05, 0) is 55.8 Å². The van der Waals surface area contributed by atoms with Gasteiger partial charge < -0.3 is 9.47 Å². The number of nitrogens with zero attached hydrogens (tertiary/aromatic N) is 1. The van der Waals surface area contributed by atoms with E-state index in [9.17, 15) is 19.7 Å². The maximum Gasteiger partial charge on any atom is 0.346 e. The van der Waals surface area contributed by atoms with Crippen LogP contribution in [0, 0.1) is 22.0 Å². The number of benzene rings is 2. The van der Waals surface area contributed by atoms with Crippen molar-refractivity contribution in [2.75, 3.05) is 13.2 Å². The van der Waals surface area contributed by atoms with Crippen LogP contribution in [-0.2, 0) is 19.1 Å². The van der Waals surface area contributed by atoms with Gasteiger partial charge in [0.1, 0.15) is 5.57 Å². The monoisotopic (exact) mass is 419 g/mol. The Hall–Kier alpha value is -4.18. The summed E-state index contributed by atoms with van der Waals surface area (Å²) in [5.74, 6) is 4.39. The average Bonchev–Trinajstić information content (AvgIpc) is 2.77. The Morgan fingerprint density at radius 3 is 2.13 bits per heavy atom. The Kier molecular flexibility index (Phi) is 8.74. The molecule has 31 heavy (non-hydrogen) atoms. The number of carbonyl (C=O) groups excluding carboxylic acids is 2. The fourth-order valence-electron chi connectivity index (χ4n) is 2.45. The summed E-state index contributed by atoms with van der Waals surface area (Å²) in [5.41, 5.74) is 1.18. The smallest absolute Gasteiger partial charge is 0.346 e. The second-order valence-corrected chi connectivity index (χ2v) is 6.02. The number of hydrogen-bond donors (Lipinski definition) is 0. The minimum Gasteiger partial charge on any atom is -0.462 e. The first-order valence-electron chi connectivity index (χ1n) is 9.54. The summed E-state index contributed by atoms with van der Waals surface area (Å²) in [4.78, 5) is 35.1. The van der Waals surface area contributed by atoms with Gasteiger partial charge in [0, 0.05) is 17.7 Å². The number of non-ortho nitro benzene ring substituents is 1. The zero-order valence-corrected chi connectivity index (χ0v) is 17.2. The van der Waals surface area contributed by atoms with Crippen molar-refractivity contribution in [3.63, 3.8) is 0 Å². The minimum absolute atomic E-state index is 0.0504. The summed E-state index contributed by atoms with van der Waals surface area (Å²) < 4.78 is 10.1. The van der Waals surface area contributed by atoms with Crippen molar-refractivity contribution in [1.82, 2.24) is 0 Å². The molecule has 0 aliphatic rings. The predicted octanol–water partition coefficient (Wildman–Crippen LogP) is 4.08. The fraction of sp³-hybridized carbons (Fsp3) is 0.167. The van der Waals surface area contributed by atoms with Gasteiger partial charge in [0.25, 0.3) is 5.69 Å². The van der Waals surface area contributed by atoms with Crippen LogP contribution < -0.4 is 0 Å². The molecule has 0 saturated heterocycles. The first kappa shape index (κ1) is 23.1. The zero-order chi connectivity index (χ0) is 22.6. The molecule has 0 bridgehead atoms. The Morgan fingerprint density at radius 1 is 0.935 bits per heavy atom. The molecule has 158 valence electrons. The molecule has 0 N–H and O–H groups in total. The van der Waals surface area contributed by atoms with Crippen molar-refractivity contribution in [3.8, 4) is 11.8 Å². The third kappa shape index (κ3) is 6.98. The summed E-state index contributed by atoms with van der Waals surface area (Å²) in [5, 5.41) is 10.9. The molecular weight excluding hydrogens is 398 g/mol. The Balaban J connectivity index is 2.49. The van der Waals surface area contributed by atoms with E-state index in [1.807, 2.05) is 18.2 Å². The summed E-state index contributed by atoms with van der Waals surface area (Å²) in [6, 6.07) is 14.5. The lowest BCUT2D eigenvalue weighted by Gasteiger charge is -2.07. The SMILES string of the molecule is CCOC(=O)/C(C#Cc1ccccc1)=C/C=C(/C(=O)OCC)c1ccc([N+](=O)[O-])cc1. The van der Waals surface area contributed by atoms with Gasteiger partial charge in [0.2, 0.25) is 0 Å². The van der Waals surface area contributed by atoms with Crippen LogP contribution in [0.2, 0.25) is 0 Å². The van der Waals surface area contributed by atoms with E-state index >= 15 is 0 Å². The van der Waals surface area contributed by atoms with E-state index in [0.29, 0.717) is 11.1 Å². The lowest BCUT2D eigenvalue weighted by Crippen LogP contribution is -2.08. The number of allylic oxidation sites excluding steroid dienone is 2. The number of carbonyl (C=O) groups is 2. The number of ether oxygens (including phenoxy) is 2. The molecule has 0 unspecified atom stereocenters. The fourth-order valence-corrected chi connectivity index (χ4v) is 2.45. The number of esters is 2. The van der Waals surface area contributed by atoms with Gasteiger partial charge in [-0.1, -0.05) is 30.0 Å². The maximum atomic E-state index is 12.4. The van der Waals surface area contributed by atoms with Crippen LogP contribution in [0.15, 0.2) is 72.3 Å². The molecule has 0 saturated carbocycles. The van der Waals surface area contributed by atoms with E-state index in [-0.39, 0.29) is 30.0 Å². The number of nitro groups is 1. The molecule has 0 heterocycles. The van der Waals surface area contributed by atoms with Gasteiger partial charge in [-0.3, -0.25) is 10.1 Å². The molecular formula is C24H21NO6. The van der Waals surface area contributed by atoms with Gasteiger partial charge in [0.05, 0.1) is 23.7 Å². The Bertz CT molecular complexity index is 1060. The minimum atomic E-state index is -0.633. The van der Waals surface area contributed by atoms with Crippen molar-refractivity contribution in [2.45, 2.75) is 13.8 Å². The van der Waals surface area contributed by atoms with Crippen LogP contribution in [-0.4, -0.2) is 30.1 Å². The molecule has 7 nitrogen and oxygen atoms in total. The highest BCUT2D eigenvalue weighted by molar-refractivity contribution is 6.17. The summed E-state index contributed by atoms with van der Waals surface area (Å²) in [7, 11) is 0. The van der Waals surface area contributed by atoms with Gasteiger partial charge in [-0.15, -0.1) is 0 Å². The topological polar surface area (TPSA) is 95.7 Å². The zero-order valence-electron chi connectivity index (χ0n) is 17.2. The standard InChI is InChI=1S/C24H21NO6/c1-3-30-23(26)20(11-10-18-8-6-5-7-9-18)14-17-22(24(27)31-4-2)19-12-15-21(16-13-19)25(28)29/h5-9,12-17H,3-4H2,1-2H3/b20-14+,22-17+. The molecule has 2 rings (SSSR count). The van der Waals surface area contributed by atoms with Gasteiger partial charge in [0.15, 0.2) is 0 Å². The number of rotatable bonds is 7. The van der Waals surface area contributed by atoms with Crippen molar-refractivity contribution in [1.29, 1.82) is 0 Å². The first-order chi connectivity index (χ1) is 15.0. The third-order valence-corrected chi connectivity index (χ3v) is 3.91. The summed E-state index contributed by atoms with van der Waals surface area (Å²) in [6.07, 6.45) is 2.77. The van der Waals surface area contributed by atoms with Crippen LogP contribution >= 0.6 is 0 Å². The molecule has 2 aromatic carbocycles. The molecule has 2 aromatic rings. The van der Waals surface area contributed by atoms with E-state index in [1.54, 1.807) is 26.0 Å². The molecule has 0 aliphatic carbocycles. The molecule has 0 fully saturated rings. The van der Waals surface area contributed by atoms with E-state index in [2.05, 4.69) is 11.8 Å². The van der Waals surface area contributed by atoms with Crippen LogP contribution in [0.1, 0.15) is 25.0 Å². The molecule has 0 radical (unpaired) electrons. The third-order valence-electron chi connectivity index (χ3n) is 3.91. The second-order valence-electron chi connectivity index (χ2n) is 6.02. The summed E-state index contributed by atoms with van der Waals surface area (Å²) >= 11 is 0. The Labute approximate surface area is 180 Å². The Morgan fingerprint density at radius 2 is 1.55 bits per heavy atom. The van der Waals surface area contributed by atoms with Crippen LogP contribution in [0.25, 0.3) is 5.57 Å². The van der Waals surface area contributed by atoms with Gasteiger partial charge in [-0.25, -0.2) is 9.59 Å². The molecule has 0 atom stereocenters. The molecule has 7 heteroatoms. The van der Waals surface area contributed by atoms with Crippen molar-refractivity contribution < 1.29 is 24.0 Å². The predicted molar refractivity (Wildman–Crippen MR) is 116 cm³/mol. The lowest BCUT2D eigenvalue weighted by molar-refractivity contribution is -0.384. The van der Waals surface area contributed by atoms with Crippen LogP contribution in [0.4, 0.5) is 5.69 Å². The van der Waals surface area contributed by atoms with Crippen molar-refractivity contribution in [3.05, 3.63) is 93.6 Å². The van der Waals surface area contributed by atoms with Crippen molar-refractivity contribution in [2.24, 2.45) is 0 Å². The lowest BCUT2D eigenvalue weighted by atomic mass is 10.0. The molecule has 0 amide bonds. The first-order valence-corrected chi connectivity index (χ1v) is 9.54. The van der Waals surface area contributed by atoms with E-state index < -0.39 is 16.9 Å². The van der Waals surface area contributed by atoms with E-state index in [0.717, 1.165) is 0 Å². The van der Waals surface area contributed by atoms with E-state index in [1.165, 1.54) is 36.4 Å². The maximum absolute atomic E-state index is 12.4. The van der Waals surface area contributed by atoms with E-state index in [4.69, 9.17) is 9.47 Å². The highest BCUT2D eigenvalue weighted by atomic mass is 16.6. The second kappa shape index (κ2) is 11.7. The highest BCUT2D eigenvalue weighted by Crippen LogP contribution is 2.21. The number of nitro benzene ring substituents is 1. The normalized spacial score (nSPS) is 11.2. The highest BCUT2D eigenvalue weighted by Gasteiger charge is 2.15. The molecule has 0 aromatic heterocycles. The van der Waals surface area contributed by atoms with Gasteiger partial charge in [-0.2, -0.15) is 0 Å². The number of hydrogen-bond acceptors (Lipinski definition) is 6.